The van der Waals surface area contributed by atoms with E-state index in [1.807, 2.05) is 29.5 Å². The number of nitrogens with zero attached hydrogens (tertiary/aromatic N) is 2. The largest absolute Gasteiger partial charge is 0.452 e. The first-order valence-corrected chi connectivity index (χ1v) is 6.13. The first-order chi connectivity index (χ1) is 8.10. The molecule has 2 aromatic rings. The van der Waals surface area contributed by atoms with E-state index in [-0.39, 0.29) is 5.82 Å². The summed E-state index contributed by atoms with van der Waals surface area (Å²) in [5.74, 6) is 0.496. The Balaban J connectivity index is 2.26. The Morgan fingerprint density at radius 2 is 2.29 bits per heavy atom. The maximum atomic E-state index is 13.4. The monoisotopic (exact) mass is 347 g/mol. The number of halogens is 2. The van der Waals surface area contributed by atoms with Gasteiger partial charge in [-0.25, -0.2) is 4.39 Å². The van der Waals surface area contributed by atoms with Crippen LogP contribution in [0.1, 0.15) is 6.92 Å². The molecule has 1 aromatic heterocycles. The van der Waals surface area contributed by atoms with Gasteiger partial charge in [-0.05, 0) is 35.6 Å². The topological polar surface area (TPSA) is 53.1 Å². The van der Waals surface area contributed by atoms with Gasteiger partial charge in [-0.2, -0.15) is 5.10 Å². The van der Waals surface area contributed by atoms with Crippen LogP contribution in [0, 0.1) is 9.39 Å². The summed E-state index contributed by atoms with van der Waals surface area (Å²) in [4.78, 5) is 0. The Kier molecular flexibility index (Phi) is 3.51. The highest BCUT2D eigenvalue weighted by Gasteiger charge is 2.09. The highest BCUT2D eigenvalue weighted by Crippen LogP contribution is 2.30. The number of benzene rings is 1. The maximum absolute atomic E-state index is 13.4. The van der Waals surface area contributed by atoms with Crippen molar-refractivity contribution < 1.29 is 9.13 Å². The minimum absolute atomic E-state index is 0.304. The van der Waals surface area contributed by atoms with Crippen LogP contribution in [-0.4, -0.2) is 9.78 Å². The molecule has 0 bridgehead atoms. The smallest absolute Gasteiger partial charge is 0.165 e. The van der Waals surface area contributed by atoms with Crippen molar-refractivity contribution >= 4 is 28.3 Å². The molecule has 0 fully saturated rings. The van der Waals surface area contributed by atoms with Gasteiger partial charge in [0.15, 0.2) is 11.5 Å². The fourth-order valence-electron chi connectivity index (χ4n) is 1.33. The van der Waals surface area contributed by atoms with Crippen LogP contribution in [0.3, 0.4) is 0 Å². The number of rotatable bonds is 3. The molecule has 0 saturated carbocycles. The van der Waals surface area contributed by atoms with Gasteiger partial charge in [0.05, 0.1) is 21.7 Å². The molecule has 0 spiro atoms. The number of nitrogen functional groups attached to an aromatic ring is 1. The van der Waals surface area contributed by atoms with Crippen LogP contribution in [0.15, 0.2) is 24.5 Å². The van der Waals surface area contributed by atoms with Crippen LogP contribution in [0.25, 0.3) is 0 Å². The molecule has 2 rings (SSSR count). The van der Waals surface area contributed by atoms with E-state index in [0.29, 0.717) is 20.8 Å². The number of nitrogens with two attached hydrogens (primary N) is 1. The van der Waals surface area contributed by atoms with E-state index in [2.05, 4.69) is 5.10 Å². The molecule has 0 atom stereocenters. The average Bonchev–Trinajstić information content (AvgIpc) is 2.73. The van der Waals surface area contributed by atoms with Crippen LogP contribution in [0.4, 0.5) is 10.1 Å². The van der Waals surface area contributed by atoms with Crippen molar-refractivity contribution in [1.29, 1.82) is 0 Å². The lowest BCUT2D eigenvalue weighted by Gasteiger charge is -2.07. The fourth-order valence-corrected chi connectivity index (χ4v) is 1.82. The summed E-state index contributed by atoms with van der Waals surface area (Å²) in [6.45, 7) is 2.72. The fraction of sp³-hybridized carbons (Fsp3) is 0.182. The Hall–Kier alpha value is -1.31. The minimum atomic E-state index is -0.349. The lowest BCUT2D eigenvalue weighted by molar-refractivity contribution is 0.477. The van der Waals surface area contributed by atoms with E-state index in [0.717, 1.165) is 6.54 Å². The van der Waals surface area contributed by atoms with Crippen molar-refractivity contribution in [3.05, 3.63) is 33.9 Å². The van der Waals surface area contributed by atoms with E-state index < -0.39 is 0 Å². The van der Waals surface area contributed by atoms with Crippen LogP contribution in [-0.2, 0) is 6.54 Å². The first kappa shape index (κ1) is 12.2. The van der Waals surface area contributed by atoms with Crippen molar-refractivity contribution in [2.45, 2.75) is 13.5 Å². The summed E-state index contributed by atoms with van der Waals surface area (Å²) in [5, 5.41) is 4.06. The van der Waals surface area contributed by atoms with Gasteiger partial charge in [0.1, 0.15) is 5.82 Å². The number of aryl methyl sites for hydroxylation is 1. The summed E-state index contributed by atoms with van der Waals surface area (Å²) < 4.78 is 21.0. The number of anilines is 1. The second kappa shape index (κ2) is 4.91. The average molecular weight is 347 g/mol. The molecular formula is C11H11FIN3O. The summed E-state index contributed by atoms with van der Waals surface area (Å²) >= 11 is 1.88. The molecule has 4 nitrogen and oxygen atoms in total. The summed E-state index contributed by atoms with van der Waals surface area (Å²) in [7, 11) is 0. The predicted molar refractivity (Wildman–Crippen MR) is 71.5 cm³/mol. The third-order valence-electron chi connectivity index (χ3n) is 2.21. The molecule has 6 heteroatoms. The van der Waals surface area contributed by atoms with E-state index in [4.69, 9.17) is 10.5 Å². The molecule has 0 unspecified atom stereocenters. The Bertz CT molecular complexity index is 542. The second-order valence-corrected chi connectivity index (χ2v) is 4.60. The van der Waals surface area contributed by atoms with Crippen LogP contribution >= 0.6 is 22.6 Å². The first-order valence-electron chi connectivity index (χ1n) is 5.05. The normalized spacial score (nSPS) is 10.5. The van der Waals surface area contributed by atoms with Crippen LogP contribution < -0.4 is 10.5 Å². The van der Waals surface area contributed by atoms with Crippen LogP contribution in [0.2, 0.25) is 0 Å². The lowest BCUT2D eigenvalue weighted by Crippen LogP contribution is -1.95. The van der Waals surface area contributed by atoms with Gasteiger partial charge in [0.2, 0.25) is 0 Å². The molecule has 0 aliphatic rings. The lowest BCUT2D eigenvalue weighted by atomic mass is 10.3. The van der Waals surface area contributed by atoms with Crippen molar-refractivity contribution in [2.75, 3.05) is 5.73 Å². The zero-order chi connectivity index (χ0) is 12.4. The van der Waals surface area contributed by atoms with E-state index in [1.165, 1.54) is 12.1 Å². The number of ether oxygens (including phenoxy) is 1. The molecule has 0 aliphatic carbocycles. The molecular weight excluding hydrogens is 336 g/mol. The van der Waals surface area contributed by atoms with Gasteiger partial charge >= 0.3 is 0 Å². The maximum Gasteiger partial charge on any atom is 0.165 e. The number of hydrogen-bond donors (Lipinski definition) is 1. The number of hydrogen-bond acceptors (Lipinski definition) is 3. The van der Waals surface area contributed by atoms with Crippen molar-refractivity contribution in [1.82, 2.24) is 9.78 Å². The third kappa shape index (κ3) is 2.68. The minimum Gasteiger partial charge on any atom is -0.452 e. The molecule has 2 N–H and O–H groups in total. The number of aromatic nitrogens is 2. The standard InChI is InChI=1S/C11H11FIN3O/c1-2-16-6-7(5-15-16)17-11-3-8(12)9(13)4-10(11)14/h3-6H,2,14H2,1H3. The highest BCUT2D eigenvalue weighted by molar-refractivity contribution is 14.1. The van der Waals surface area contributed by atoms with Gasteiger partial charge in [-0.15, -0.1) is 0 Å². The summed E-state index contributed by atoms with van der Waals surface area (Å²) in [6, 6.07) is 2.82. The van der Waals surface area contributed by atoms with Gasteiger partial charge in [0.25, 0.3) is 0 Å². The SMILES string of the molecule is CCn1cc(Oc2cc(F)c(I)cc2N)cn1. The molecule has 0 aliphatic heterocycles. The van der Waals surface area contributed by atoms with E-state index >= 15 is 0 Å². The van der Waals surface area contributed by atoms with Gasteiger partial charge in [0, 0.05) is 12.6 Å². The predicted octanol–water partition coefficient (Wildman–Crippen LogP) is 3.02. The summed E-state index contributed by atoms with van der Waals surface area (Å²) in [6.07, 6.45) is 3.30. The summed E-state index contributed by atoms with van der Waals surface area (Å²) in [5.41, 5.74) is 6.16. The highest BCUT2D eigenvalue weighted by atomic mass is 127. The molecule has 90 valence electrons. The Morgan fingerprint density at radius 3 is 2.94 bits per heavy atom. The van der Waals surface area contributed by atoms with Crippen molar-refractivity contribution in [3.8, 4) is 11.5 Å². The molecule has 0 radical (unpaired) electrons. The molecule has 17 heavy (non-hydrogen) atoms. The van der Waals surface area contributed by atoms with E-state index in [9.17, 15) is 4.39 Å². The molecule has 0 amide bonds. The quantitative estimate of drug-likeness (QED) is 0.686. The van der Waals surface area contributed by atoms with Gasteiger partial charge in [-0.3, -0.25) is 4.68 Å². The molecule has 1 heterocycles. The van der Waals surface area contributed by atoms with Gasteiger partial charge < -0.3 is 10.5 Å². The van der Waals surface area contributed by atoms with Crippen LogP contribution in [0.5, 0.6) is 11.5 Å². The third-order valence-corrected chi connectivity index (χ3v) is 3.04. The molecule has 1 aromatic carbocycles. The Labute approximate surface area is 112 Å². The zero-order valence-corrected chi connectivity index (χ0v) is 11.3. The molecule has 0 saturated heterocycles. The zero-order valence-electron chi connectivity index (χ0n) is 9.15. The Morgan fingerprint density at radius 1 is 1.53 bits per heavy atom. The van der Waals surface area contributed by atoms with Crippen molar-refractivity contribution in [2.24, 2.45) is 0 Å². The van der Waals surface area contributed by atoms with Crippen molar-refractivity contribution in [3.63, 3.8) is 0 Å². The van der Waals surface area contributed by atoms with E-state index in [1.54, 1.807) is 17.1 Å². The second-order valence-electron chi connectivity index (χ2n) is 3.44. The van der Waals surface area contributed by atoms with Gasteiger partial charge in [-0.1, -0.05) is 0 Å².